The Labute approximate surface area is 202 Å². The molecule has 4 aliphatic carbocycles. The lowest BCUT2D eigenvalue weighted by Gasteiger charge is -2.25. The van der Waals surface area contributed by atoms with Crippen molar-refractivity contribution in [3.8, 4) is 0 Å². The highest BCUT2D eigenvalue weighted by atomic mass is 32.2. The molecule has 34 heavy (non-hydrogen) atoms. The number of allylic oxidation sites excluding steroid dienone is 4. The Hall–Kier alpha value is -2.18. The van der Waals surface area contributed by atoms with Crippen molar-refractivity contribution >= 4 is 19.7 Å². The highest BCUT2D eigenvalue weighted by Gasteiger charge is 2.63. The molecule has 2 aromatic carbocycles. The molecule has 4 aliphatic rings. The molecule has 2 fully saturated rings. The summed E-state index contributed by atoms with van der Waals surface area (Å²) < 4.78 is 51.6. The van der Waals surface area contributed by atoms with Gasteiger partial charge in [-0.15, -0.1) is 0 Å². The molecular formula is C28H30O4S2. The lowest BCUT2D eigenvalue weighted by atomic mass is 9.81. The summed E-state index contributed by atoms with van der Waals surface area (Å²) in [5, 5.41) is 0. The minimum absolute atomic E-state index is 0.184. The summed E-state index contributed by atoms with van der Waals surface area (Å²) in [7, 11) is -6.57. The van der Waals surface area contributed by atoms with E-state index in [9.17, 15) is 16.8 Å². The van der Waals surface area contributed by atoms with Crippen molar-refractivity contribution in [1.29, 1.82) is 0 Å². The van der Waals surface area contributed by atoms with Crippen LogP contribution in [0.5, 0.6) is 0 Å². The van der Waals surface area contributed by atoms with Gasteiger partial charge in [0.1, 0.15) is 0 Å². The van der Waals surface area contributed by atoms with Crippen molar-refractivity contribution in [2.45, 2.75) is 22.6 Å². The van der Waals surface area contributed by atoms with Gasteiger partial charge in [-0.2, -0.15) is 0 Å². The van der Waals surface area contributed by atoms with Gasteiger partial charge in [0, 0.05) is 0 Å². The molecule has 2 unspecified atom stereocenters. The molecule has 0 spiro atoms. The Morgan fingerprint density at radius 1 is 0.500 bits per heavy atom. The number of hydrogen-bond acceptors (Lipinski definition) is 4. The average molecular weight is 495 g/mol. The van der Waals surface area contributed by atoms with E-state index in [4.69, 9.17) is 0 Å². The SMILES string of the molecule is O=S(=O)(CCC1[C@H]2C=C[C@@H]3C(CCS(=O)(=O)c4ccccc4)[C@@H]4C=C[C@@H]1C4C23)c1ccccc1. The van der Waals surface area contributed by atoms with Gasteiger partial charge in [-0.1, -0.05) is 60.7 Å². The first-order valence-electron chi connectivity index (χ1n) is 12.3. The van der Waals surface area contributed by atoms with Crippen LogP contribution in [0, 0.1) is 47.3 Å². The van der Waals surface area contributed by atoms with Gasteiger partial charge in [-0.25, -0.2) is 16.8 Å². The van der Waals surface area contributed by atoms with E-state index >= 15 is 0 Å². The molecule has 2 aromatic rings. The third kappa shape index (κ3) is 3.53. The highest BCUT2D eigenvalue weighted by Crippen LogP contribution is 2.68. The predicted molar refractivity (Wildman–Crippen MR) is 132 cm³/mol. The Balaban J connectivity index is 1.16. The Bertz CT molecular complexity index is 1200. The molecule has 2 saturated carbocycles. The lowest BCUT2D eigenvalue weighted by Crippen LogP contribution is -2.23. The molecule has 0 amide bonds. The maximum atomic E-state index is 12.9. The number of sulfone groups is 2. The van der Waals surface area contributed by atoms with Crippen molar-refractivity contribution in [2.75, 3.05) is 11.5 Å². The Kier molecular flexibility index (Phi) is 5.38. The maximum absolute atomic E-state index is 12.9. The van der Waals surface area contributed by atoms with Crippen LogP contribution in [0.15, 0.2) is 94.8 Å². The molecule has 0 heterocycles. The van der Waals surface area contributed by atoms with E-state index in [-0.39, 0.29) is 11.5 Å². The first kappa shape index (κ1) is 22.3. The van der Waals surface area contributed by atoms with E-state index in [1.807, 2.05) is 12.1 Å². The average Bonchev–Trinajstić information content (AvgIpc) is 3.58. The number of hydrogen-bond donors (Lipinski definition) is 0. The Morgan fingerprint density at radius 2 is 0.824 bits per heavy atom. The van der Waals surface area contributed by atoms with Crippen LogP contribution in [-0.4, -0.2) is 28.3 Å². The first-order valence-corrected chi connectivity index (χ1v) is 15.6. The van der Waals surface area contributed by atoms with Gasteiger partial charge in [0.2, 0.25) is 0 Å². The number of rotatable bonds is 8. The maximum Gasteiger partial charge on any atom is 0.178 e. The fourth-order valence-electron chi connectivity index (χ4n) is 7.64. The second kappa shape index (κ2) is 8.20. The van der Waals surface area contributed by atoms with Crippen LogP contribution in [0.2, 0.25) is 0 Å². The van der Waals surface area contributed by atoms with Crippen LogP contribution in [0.3, 0.4) is 0 Å². The molecular weight excluding hydrogens is 464 g/mol. The highest BCUT2D eigenvalue weighted by molar-refractivity contribution is 7.91. The van der Waals surface area contributed by atoms with Gasteiger partial charge in [0.15, 0.2) is 19.7 Å². The van der Waals surface area contributed by atoms with E-state index < -0.39 is 19.7 Å². The molecule has 0 bridgehead atoms. The molecule has 4 nitrogen and oxygen atoms in total. The summed E-state index contributed by atoms with van der Waals surface area (Å²) >= 11 is 0. The van der Waals surface area contributed by atoms with Crippen LogP contribution in [-0.2, 0) is 19.7 Å². The molecule has 0 N–H and O–H groups in total. The lowest BCUT2D eigenvalue weighted by molar-refractivity contribution is 0.284. The molecule has 0 saturated heterocycles. The number of benzene rings is 2. The molecule has 178 valence electrons. The second-order valence-corrected chi connectivity index (χ2v) is 14.6. The zero-order valence-corrected chi connectivity index (χ0v) is 20.6. The van der Waals surface area contributed by atoms with E-state index in [1.165, 1.54) is 0 Å². The van der Waals surface area contributed by atoms with Gasteiger partial charge < -0.3 is 0 Å². The van der Waals surface area contributed by atoms with Crippen molar-refractivity contribution < 1.29 is 16.8 Å². The molecule has 0 aliphatic heterocycles. The smallest absolute Gasteiger partial charge is 0.178 e. The summed E-state index contributed by atoms with van der Waals surface area (Å²) in [6, 6.07) is 17.5. The van der Waals surface area contributed by atoms with Crippen molar-refractivity contribution in [2.24, 2.45) is 47.3 Å². The van der Waals surface area contributed by atoms with Crippen LogP contribution in [0.25, 0.3) is 0 Å². The van der Waals surface area contributed by atoms with E-state index in [2.05, 4.69) is 24.3 Å². The molecule has 0 radical (unpaired) electrons. The van der Waals surface area contributed by atoms with Gasteiger partial charge >= 0.3 is 0 Å². The summed E-state index contributed by atoms with van der Waals surface area (Å²) in [5.74, 6) is 3.77. The molecule has 6 heteroatoms. The normalized spacial score (nSPS) is 35.2. The second-order valence-electron chi connectivity index (χ2n) is 10.4. The van der Waals surface area contributed by atoms with Crippen LogP contribution in [0.1, 0.15) is 12.8 Å². The Morgan fingerprint density at radius 3 is 1.15 bits per heavy atom. The largest absolute Gasteiger partial charge is 0.224 e. The minimum atomic E-state index is -3.28. The monoisotopic (exact) mass is 494 g/mol. The van der Waals surface area contributed by atoms with Crippen LogP contribution < -0.4 is 0 Å². The summed E-state index contributed by atoms with van der Waals surface area (Å²) in [4.78, 5) is 0.820. The van der Waals surface area contributed by atoms with Crippen LogP contribution in [0.4, 0.5) is 0 Å². The molecule has 6 rings (SSSR count). The van der Waals surface area contributed by atoms with Crippen molar-refractivity contribution in [3.05, 3.63) is 85.0 Å². The fraction of sp³-hybridized carbons (Fsp3) is 0.429. The van der Waals surface area contributed by atoms with E-state index in [0.29, 0.717) is 70.0 Å². The van der Waals surface area contributed by atoms with Gasteiger partial charge in [-0.3, -0.25) is 0 Å². The molecule has 6 atom stereocenters. The molecule has 0 aromatic heterocycles. The third-order valence-electron chi connectivity index (χ3n) is 8.96. The van der Waals surface area contributed by atoms with E-state index in [1.54, 1.807) is 48.5 Å². The van der Waals surface area contributed by atoms with Gasteiger partial charge in [0.25, 0.3) is 0 Å². The van der Waals surface area contributed by atoms with Gasteiger partial charge in [0.05, 0.1) is 21.3 Å². The zero-order chi connectivity index (χ0) is 23.5. The summed E-state index contributed by atoms with van der Waals surface area (Å²) in [6.45, 7) is 0. The summed E-state index contributed by atoms with van der Waals surface area (Å²) in [6.07, 6.45) is 10.7. The summed E-state index contributed by atoms with van der Waals surface area (Å²) in [5.41, 5.74) is 0. The van der Waals surface area contributed by atoms with Crippen molar-refractivity contribution in [1.82, 2.24) is 0 Å². The first-order chi connectivity index (χ1) is 16.4. The van der Waals surface area contributed by atoms with Crippen molar-refractivity contribution in [3.63, 3.8) is 0 Å². The predicted octanol–water partition coefficient (Wildman–Crippen LogP) is 4.81. The standard InChI is InChI=1S/C28H30O4S2/c29-33(30,19-7-3-1-4-8-19)17-15-21-23-11-13-25-22(26-14-12-24(21)28(26)27(23)25)16-18-34(31,32)20-9-5-2-6-10-20/h1-14,21-28H,15-18H2/t21?,22?,23-,24+,25-,26+,27?,28?. The fourth-order valence-corrected chi connectivity index (χ4v) is 10.4. The van der Waals surface area contributed by atoms with Crippen LogP contribution >= 0.6 is 0 Å². The third-order valence-corrected chi connectivity index (χ3v) is 12.5. The zero-order valence-electron chi connectivity index (χ0n) is 19.0. The topological polar surface area (TPSA) is 68.3 Å². The van der Waals surface area contributed by atoms with E-state index in [0.717, 1.165) is 0 Å². The quantitative estimate of drug-likeness (QED) is 0.494. The minimum Gasteiger partial charge on any atom is -0.224 e. The van der Waals surface area contributed by atoms with Gasteiger partial charge in [-0.05, 0) is 84.5 Å².